The van der Waals surface area contributed by atoms with Gasteiger partial charge in [0.1, 0.15) is 5.76 Å². The average molecular weight is 345 g/mol. The van der Waals surface area contributed by atoms with Crippen LogP contribution in [0.5, 0.6) is 0 Å². The monoisotopic (exact) mass is 345 g/mol. The quantitative estimate of drug-likeness (QED) is 0.857. The van der Waals surface area contributed by atoms with E-state index in [1.807, 2.05) is 18.7 Å². The fourth-order valence-electron chi connectivity index (χ4n) is 3.14. The van der Waals surface area contributed by atoms with Crippen molar-refractivity contribution in [2.75, 3.05) is 18.0 Å². The molecule has 3 rings (SSSR count). The summed E-state index contributed by atoms with van der Waals surface area (Å²) in [7, 11) is 0. The Balaban J connectivity index is 1.54. The number of rotatable bonds is 4. The third kappa shape index (κ3) is 4.07. The zero-order valence-corrected chi connectivity index (χ0v) is 14.8. The van der Waals surface area contributed by atoms with E-state index in [9.17, 15) is 9.59 Å². The van der Waals surface area contributed by atoms with Crippen molar-refractivity contribution in [3.05, 3.63) is 39.1 Å². The van der Waals surface area contributed by atoms with Crippen molar-refractivity contribution in [3.8, 4) is 0 Å². The highest BCUT2D eigenvalue weighted by molar-refractivity contribution is 5.79. The molecule has 0 radical (unpaired) electrons. The number of H-pyrrole nitrogens is 1. The molecule has 0 unspecified atom stereocenters. The van der Waals surface area contributed by atoms with E-state index in [-0.39, 0.29) is 23.9 Å². The number of carbonyl (C=O) groups excluding carboxylic acids is 1. The van der Waals surface area contributed by atoms with Crippen molar-refractivity contribution in [2.24, 2.45) is 0 Å². The SMILES string of the molecule is Cc1cc(=O)[nH]c(N2CCC(NC(=O)Cc3c(C)noc3C)CC2)n1. The van der Waals surface area contributed by atoms with Gasteiger partial charge >= 0.3 is 0 Å². The molecule has 3 heterocycles. The highest BCUT2D eigenvalue weighted by atomic mass is 16.5. The van der Waals surface area contributed by atoms with Crippen LogP contribution in [0.1, 0.15) is 35.6 Å². The first-order valence-electron chi connectivity index (χ1n) is 8.46. The zero-order valence-electron chi connectivity index (χ0n) is 14.8. The summed E-state index contributed by atoms with van der Waals surface area (Å²) < 4.78 is 5.10. The molecule has 2 aromatic heterocycles. The molecule has 0 bridgehead atoms. The molecule has 0 saturated carbocycles. The number of nitrogens with one attached hydrogen (secondary N) is 2. The Kier molecular flexibility index (Phi) is 4.87. The van der Waals surface area contributed by atoms with E-state index in [1.54, 1.807) is 6.92 Å². The van der Waals surface area contributed by atoms with Crippen molar-refractivity contribution in [2.45, 2.75) is 46.1 Å². The van der Waals surface area contributed by atoms with Gasteiger partial charge in [-0.15, -0.1) is 0 Å². The number of nitrogens with zero attached hydrogens (tertiary/aromatic N) is 3. The molecule has 1 fully saturated rings. The van der Waals surface area contributed by atoms with E-state index in [0.29, 0.717) is 17.4 Å². The van der Waals surface area contributed by atoms with Gasteiger partial charge in [0.2, 0.25) is 11.9 Å². The molecule has 0 aliphatic carbocycles. The van der Waals surface area contributed by atoms with Gasteiger partial charge in [0, 0.05) is 36.5 Å². The van der Waals surface area contributed by atoms with Gasteiger partial charge in [-0.1, -0.05) is 5.16 Å². The molecule has 0 spiro atoms. The van der Waals surface area contributed by atoms with Gasteiger partial charge in [0.15, 0.2) is 0 Å². The van der Waals surface area contributed by atoms with Crippen LogP contribution in [0.3, 0.4) is 0 Å². The van der Waals surface area contributed by atoms with Crippen molar-refractivity contribution < 1.29 is 9.32 Å². The molecular formula is C17H23N5O3. The Morgan fingerprint density at radius 1 is 1.36 bits per heavy atom. The number of aromatic nitrogens is 3. The summed E-state index contributed by atoms with van der Waals surface area (Å²) in [6.45, 7) is 6.94. The average Bonchev–Trinajstić information content (AvgIpc) is 2.86. The Bertz CT molecular complexity index is 798. The van der Waals surface area contributed by atoms with Crippen LogP contribution in [-0.2, 0) is 11.2 Å². The molecule has 1 saturated heterocycles. The molecule has 1 amide bonds. The van der Waals surface area contributed by atoms with Crippen molar-refractivity contribution in [1.29, 1.82) is 0 Å². The van der Waals surface area contributed by atoms with Crippen molar-refractivity contribution in [3.63, 3.8) is 0 Å². The highest BCUT2D eigenvalue weighted by Gasteiger charge is 2.23. The standard InChI is InChI=1S/C17H23N5O3/c1-10-8-15(23)20-17(18-10)22-6-4-13(5-7-22)19-16(24)9-14-11(2)21-25-12(14)3/h8,13H,4-7,9H2,1-3H3,(H,19,24)(H,18,20,23). The van der Waals surface area contributed by atoms with Crippen LogP contribution in [0.25, 0.3) is 0 Å². The third-order valence-corrected chi connectivity index (χ3v) is 4.54. The number of carbonyl (C=O) groups is 1. The molecular weight excluding hydrogens is 322 g/mol. The molecule has 0 atom stereocenters. The Hall–Kier alpha value is -2.64. The van der Waals surface area contributed by atoms with Gasteiger partial charge in [-0.05, 0) is 33.6 Å². The first kappa shape index (κ1) is 17.2. The van der Waals surface area contributed by atoms with Crippen molar-refractivity contribution >= 4 is 11.9 Å². The Morgan fingerprint density at radius 3 is 2.68 bits per heavy atom. The predicted octanol–water partition coefficient (Wildman–Crippen LogP) is 1.01. The Labute approximate surface area is 145 Å². The van der Waals surface area contributed by atoms with Crippen LogP contribution < -0.4 is 15.8 Å². The van der Waals surface area contributed by atoms with E-state index in [0.717, 1.165) is 37.2 Å². The first-order chi connectivity index (χ1) is 11.9. The lowest BCUT2D eigenvalue weighted by Crippen LogP contribution is -2.46. The number of anilines is 1. The second-order valence-electron chi connectivity index (χ2n) is 6.52. The van der Waals surface area contributed by atoms with E-state index in [4.69, 9.17) is 4.52 Å². The van der Waals surface area contributed by atoms with Crippen LogP contribution in [0.4, 0.5) is 5.95 Å². The van der Waals surface area contributed by atoms with Crippen LogP contribution in [-0.4, -0.2) is 40.2 Å². The summed E-state index contributed by atoms with van der Waals surface area (Å²) in [5.74, 6) is 1.28. The molecule has 2 aromatic rings. The van der Waals surface area contributed by atoms with Gasteiger partial charge in [0.05, 0.1) is 12.1 Å². The lowest BCUT2D eigenvalue weighted by atomic mass is 10.0. The fourth-order valence-corrected chi connectivity index (χ4v) is 3.14. The van der Waals surface area contributed by atoms with Gasteiger partial charge in [-0.2, -0.15) is 0 Å². The Morgan fingerprint density at radius 2 is 2.08 bits per heavy atom. The minimum absolute atomic E-state index is 0.0186. The summed E-state index contributed by atoms with van der Waals surface area (Å²) in [4.78, 5) is 33.0. The summed E-state index contributed by atoms with van der Waals surface area (Å²) in [6, 6.07) is 1.60. The molecule has 8 heteroatoms. The maximum absolute atomic E-state index is 12.3. The smallest absolute Gasteiger partial charge is 0.252 e. The lowest BCUT2D eigenvalue weighted by Gasteiger charge is -2.32. The minimum Gasteiger partial charge on any atom is -0.361 e. The number of hydrogen-bond acceptors (Lipinski definition) is 6. The van der Waals surface area contributed by atoms with Crippen LogP contribution in [0.2, 0.25) is 0 Å². The van der Waals surface area contributed by atoms with E-state index in [1.165, 1.54) is 6.07 Å². The maximum Gasteiger partial charge on any atom is 0.252 e. The molecule has 8 nitrogen and oxygen atoms in total. The topological polar surface area (TPSA) is 104 Å². The highest BCUT2D eigenvalue weighted by Crippen LogP contribution is 2.17. The summed E-state index contributed by atoms with van der Waals surface area (Å²) in [5, 5.41) is 6.96. The van der Waals surface area contributed by atoms with Gasteiger partial charge < -0.3 is 14.7 Å². The molecule has 134 valence electrons. The van der Waals surface area contributed by atoms with Gasteiger partial charge in [0.25, 0.3) is 5.56 Å². The maximum atomic E-state index is 12.3. The normalized spacial score (nSPS) is 15.4. The number of aromatic amines is 1. The van der Waals surface area contributed by atoms with Crippen LogP contribution in [0, 0.1) is 20.8 Å². The van der Waals surface area contributed by atoms with Crippen LogP contribution >= 0.6 is 0 Å². The number of piperidine rings is 1. The predicted molar refractivity (Wildman–Crippen MR) is 92.7 cm³/mol. The number of aryl methyl sites for hydroxylation is 3. The summed E-state index contributed by atoms with van der Waals surface area (Å²) >= 11 is 0. The van der Waals surface area contributed by atoms with Crippen molar-refractivity contribution in [1.82, 2.24) is 20.4 Å². The lowest BCUT2D eigenvalue weighted by molar-refractivity contribution is -0.121. The molecule has 0 aromatic carbocycles. The molecule has 2 N–H and O–H groups in total. The fraction of sp³-hybridized carbons (Fsp3) is 0.529. The summed E-state index contributed by atoms with van der Waals surface area (Å²) in [5.41, 5.74) is 2.18. The second kappa shape index (κ2) is 7.08. The molecule has 25 heavy (non-hydrogen) atoms. The van der Waals surface area contributed by atoms with Gasteiger partial charge in [-0.3, -0.25) is 14.6 Å². The number of hydrogen-bond donors (Lipinski definition) is 2. The molecule has 1 aliphatic heterocycles. The van der Waals surface area contributed by atoms with E-state index < -0.39 is 0 Å². The summed E-state index contributed by atoms with van der Waals surface area (Å²) in [6.07, 6.45) is 1.91. The zero-order chi connectivity index (χ0) is 18.0. The second-order valence-corrected chi connectivity index (χ2v) is 6.52. The first-order valence-corrected chi connectivity index (χ1v) is 8.46. The van der Waals surface area contributed by atoms with Crippen LogP contribution in [0.15, 0.2) is 15.4 Å². The minimum atomic E-state index is -0.141. The van der Waals surface area contributed by atoms with Gasteiger partial charge in [-0.25, -0.2) is 4.98 Å². The number of amides is 1. The molecule has 1 aliphatic rings. The largest absolute Gasteiger partial charge is 0.361 e. The van der Waals surface area contributed by atoms with E-state index in [2.05, 4.69) is 20.4 Å². The third-order valence-electron chi connectivity index (χ3n) is 4.54. The van der Waals surface area contributed by atoms with E-state index >= 15 is 0 Å².